The Bertz CT molecular complexity index is 709. The summed E-state index contributed by atoms with van der Waals surface area (Å²) in [6, 6.07) is 11.1. The molecule has 0 spiro atoms. The third-order valence-electron chi connectivity index (χ3n) is 2.67. The smallest absolute Gasteiger partial charge is 0.190 e. The fraction of sp³-hybridized carbons (Fsp3) is 0. The molecule has 0 unspecified atom stereocenters. The largest absolute Gasteiger partial charge is 0.619 e. The second-order valence-corrected chi connectivity index (χ2v) is 5.29. The zero-order valence-corrected chi connectivity index (χ0v) is 11.4. The molecule has 0 saturated carbocycles. The van der Waals surface area contributed by atoms with Crippen LogP contribution >= 0.6 is 22.9 Å². The first-order valence-electron chi connectivity index (χ1n) is 5.63. The van der Waals surface area contributed by atoms with E-state index in [-0.39, 0.29) is 0 Å². The lowest BCUT2D eigenvalue weighted by atomic mass is 10.2. The SMILES string of the molecule is [O-][n+]1cccc(-c2nc(-c3ccc(Cl)cc3)cs2)c1. The third-order valence-corrected chi connectivity index (χ3v) is 3.81. The first-order valence-corrected chi connectivity index (χ1v) is 6.89. The lowest BCUT2D eigenvalue weighted by Gasteiger charge is -1.98. The van der Waals surface area contributed by atoms with Crippen molar-refractivity contribution in [3.8, 4) is 21.8 Å². The van der Waals surface area contributed by atoms with Crippen molar-refractivity contribution in [2.24, 2.45) is 0 Å². The molecular formula is C14H9ClN2OS. The van der Waals surface area contributed by atoms with Crippen LogP contribution in [0.4, 0.5) is 0 Å². The summed E-state index contributed by atoms with van der Waals surface area (Å²) < 4.78 is 0.776. The highest BCUT2D eigenvalue weighted by molar-refractivity contribution is 7.13. The van der Waals surface area contributed by atoms with E-state index < -0.39 is 0 Å². The number of aromatic nitrogens is 2. The van der Waals surface area contributed by atoms with Crippen LogP contribution in [-0.4, -0.2) is 4.98 Å². The molecule has 0 atom stereocenters. The normalized spacial score (nSPS) is 10.6. The molecular weight excluding hydrogens is 280 g/mol. The molecule has 0 radical (unpaired) electrons. The van der Waals surface area contributed by atoms with Gasteiger partial charge in [-0.1, -0.05) is 23.7 Å². The van der Waals surface area contributed by atoms with Crippen LogP contribution in [0.2, 0.25) is 5.02 Å². The van der Waals surface area contributed by atoms with Crippen molar-refractivity contribution in [1.29, 1.82) is 0 Å². The summed E-state index contributed by atoms with van der Waals surface area (Å²) in [5.74, 6) is 0. The van der Waals surface area contributed by atoms with Gasteiger partial charge >= 0.3 is 0 Å². The topological polar surface area (TPSA) is 39.8 Å². The van der Waals surface area contributed by atoms with Crippen LogP contribution in [0.1, 0.15) is 0 Å². The van der Waals surface area contributed by atoms with Crippen LogP contribution in [0.25, 0.3) is 21.8 Å². The fourth-order valence-corrected chi connectivity index (χ4v) is 2.69. The standard InChI is InChI=1S/C14H9ClN2OS/c15-12-5-3-10(4-6-12)13-9-19-14(16-13)11-2-1-7-17(18)8-11/h1-9H. The monoisotopic (exact) mass is 288 g/mol. The Morgan fingerprint density at radius 1 is 1.11 bits per heavy atom. The van der Waals surface area contributed by atoms with Gasteiger partial charge < -0.3 is 5.21 Å². The molecule has 3 aromatic rings. The van der Waals surface area contributed by atoms with Gasteiger partial charge in [0.05, 0.1) is 11.3 Å². The van der Waals surface area contributed by atoms with Crippen molar-refractivity contribution < 1.29 is 4.73 Å². The van der Waals surface area contributed by atoms with E-state index >= 15 is 0 Å². The van der Waals surface area contributed by atoms with E-state index in [1.165, 1.54) is 23.7 Å². The number of benzene rings is 1. The maximum atomic E-state index is 11.3. The van der Waals surface area contributed by atoms with E-state index in [1.807, 2.05) is 35.7 Å². The molecule has 3 rings (SSSR count). The van der Waals surface area contributed by atoms with E-state index in [0.29, 0.717) is 5.02 Å². The molecule has 2 heterocycles. The van der Waals surface area contributed by atoms with E-state index in [9.17, 15) is 5.21 Å². The highest BCUT2D eigenvalue weighted by atomic mass is 35.5. The molecule has 0 bridgehead atoms. The zero-order chi connectivity index (χ0) is 13.2. The van der Waals surface area contributed by atoms with Crippen LogP contribution in [0.5, 0.6) is 0 Å². The number of thiazole rings is 1. The Morgan fingerprint density at radius 3 is 2.63 bits per heavy atom. The van der Waals surface area contributed by atoms with E-state index in [0.717, 1.165) is 26.6 Å². The van der Waals surface area contributed by atoms with Crippen LogP contribution in [0.3, 0.4) is 0 Å². The van der Waals surface area contributed by atoms with Crippen molar-refractivity contribution in [2.45, 2.75) is 0 Å². The van der Waals surface area contributed by atoms with Gasteiger partial charge in [0, 0.05) is 22.0 Å². The molecule has 19 heavy (non-hydrogen) atoms. The van der Waals surface area contributed by atoms with Crippen LogP contribution in [0, 0.1) is 5.21 Å². The Hall–Kier alpha value is -1.91. The molecule has 0 aliphatic heterocycles. The zero-order valence-electron chi connectivity index (χ0n) is 9.79. The van der Waals surface area contributed by atoms with Gasteiger partial charge in [-0.25, -0.2) is 4.98 Å². The van der Waals surface area contributed by atoms with Crippen molar-refractivity contribution in [2.75, 3.05) is 0 Å². The Kier molecular flexibility index (Phi) is 3.19. The van der Waals surface area contributed by atoms with Gasteiger partial charge in [-0.2, -0.15) is 4.73 Å². The minimum absolute atomic E-state index is 0.703. The first-order chi connectivity index (χ1) is 9.22. The lowest BCUT2D eigenvalue weighted by Crippen LogP contribution is -2.23. The number of rotatable bonds is 2. The summed E-state index contributed by atoms with van der Waals surface area (Å²) in [6.07, 6.45) is 2.97. The lowest BCUT2D eigenvalue weighted by molar-refractivity contribution is -0.604. The Balaban J connectivity index is 1.97. The summed E-state index contributed by atoms with van der Waals surface area (Å²) in [4.78, 5) is 4.54. The number of hydrogen-bond donors (Lipinski definition) is 0. The summed E-state index contributed by atoms with van der Waals surface area (Å²) in [7, 11) is 0. The van der Waals surface area contributed by atoms with Crippen molar-refractivity contribution in [3.05, 3.63) is 64.4 Å². The number of halogens is 1. The fourth-order valence-electron chi connectivity index (χ4n) is 1.74. The number of pyridine rings is 1. The molecule has 0 saturated heterocycles. The minimum Gasteiger partial charge on any atom is -0.619 e. The molecule has 0 aliphatic carbocycles. The van der Waals surface area contributed by atoms with Gasteiger partial charge in [0.2, 0.25) is 0 Å². The van der Waals surface area contributed by atoms with Gasteiger partial charge in [-0.05, 0) is 18.2 Å². The number of nitrogens with zero attached hydrogens (tertiary/aromatic N) is 2. The average molecular weight is 289 g/mol. The van der Waals surface area contributed by atoms with Gasteiger partial charge in [-0.3, -0.25) is 0 Å². The maximum Gasteiger partial charge on any atom is 0.190 e. The van der Waals surface area contributed by atoms with Crippen molar-refractivity contribution >= 4 is 22.9 Å². The molecule has 1 aromatic carbocycles. The Labute approximate surface area is 119 Å². The summed E-state index contributed by atoms with van der Waals surface area (Å²) in [5.41, 5.74) is 2.72. The number of hydrogen-bond acceptors (Lipinski definition) is 3. The van der Waals surface area contributed by atoms with E-state index in [2.05, 4.69) is 4.98 Å². The molecule has 3 nitrogen and oxygen atoms in total. The molecule has 2 aromatic heterocycles. The van der Waals surface area contributed by atoms with Gasteiger partial charge in [-0.15, -0.1) is 11.3 Å². The third kappa shape index (κ3) is 2.59. The molecule has 0 fully saturated rings. The van der Waals surface area contributed by atoms with Gasteiger partial charge in [0.25, 0.3) is 0 Å². The van der Waals surface area contributed by atoms with Crippen LogP contribution in [-0.2, 0) is 0 Å². The first kappa shape index (κ1) is 12.1. The second kappa shape index (κ2) is 4.99. The van der Waals surface area contributed by atoms with Gasteiger partial charge in [0.15, 0.2) is 12.4 Å². The van der Waals surface area contributed by atoms with Crippen molar-refractivity contribution in [3.63, 3.8) is 0 Å². The highest BCUT2D eigenvalue weighted by Crippen LogP contribution is 2.28. The average Bonchev–Trinajstić information content (AvgIpc) is 2.89. The maximum absolute atomic E-state index is 11.3. The minimum atomic E-state index is 0.703. The van der Waals surface area contributed by atoms with Gasteiger partial charge in [0.1, 0.15) is 5.01 Å². The molecule has 94 valence electrons. The predicted octanol–water partition coefficient (Wildman–Crippen LogP) is 3.76. The van der Waals surface area contributed by atoms with E-state index in [4.69, 9.17) is 11.6 Å². The van der Waals surface area contributed by atoms with Crippen LogP contribution in [0.15, 0.2) is 54.2 Å². The summed E-state index contributed by atoms with van der Waals surface area (Å²) >= 11 is 7.38. The van der Waals surface area contributed by atoms with Crippen molar-refractivity contribution in [1.82, 2.24) is 4.98 Å². The summed E-state index contributed by atoms with van der Waals surface area (Å²) in [5, 5.41) is 14.8. The quantitative estimate of drug-likeness (QED) is 0.532. The van der Waals surface area contributed by atoms with E-state index in [1.54, 1.807) is 6.07 Å². The predicted molar refractivity (Wildman–Crippen MR) is 77.0 cm³/mol. The molecule has 0 amide bonds. The molecule has 0 aliphatic rings. The summed E-state index contributed by atoms with van der Waals surface area (Å²) in [6.45, 7) is 0. The highest BCUT2D eigenvalue weighted by Gasteiger charge is 2.08. The van der Waals surface area contributed by atoms with Crippen LogP contribution < -0.4 is 4.73 Å². The Morgan fingerprint density at radius 2 is 1.89 bits per heavy atom. The second-order valence-electron chi connectivity index (χ2n) is 4.00. The molecule has 5 heteroatoms. The molecule has 0 N–H and O–H groups in total.